The van der Waals surface area contributed by atoms with E-state index in [-0.39, 0.29) is 6.42 Å². The molecule has 74 valence electrons. The van der Waals surface area contributed by atoms with E-state index in [9.17, 15) is 13.2 Å². The largest absolute Gasteiger partial charge is 0.389 e. The summed E-state index contributed by atoms with van der Waals surface area (Å²) in [4.78, 5) is 3.73. The number of pyridine rings is 1. The molecule has 2 nitrogen and oxygen atoms in total. The van der Waals surface area contributed by atoms with Gasteiger partial charge in [0.15, 0.2) is 0 Å². The van der Waals surface area contributed by atoms with Crippen LogP contribution in [0.4, 0.5) is 13.2 Å². The quantitative estimate of drug-likeness (QED) is 0.735. The van der Waals surface area contributed by atoms with Crippen molar-refractivity contribution in [3.63, 3.8) is 0 Å². The number of hydrogen-bond donors (Lipinski definition) is 0. The van der Waals surface area contributed by atoms with Crippen LogP contribution in [-0.4, -0.2) is 11.2 Å². The highest BCUT2D eigenvalue weighted by Crippen LogP contribution is 2.21. The predicted octanol–water partition coefficient (Wildman–Crippen LogP) is 2.45. The monoisotopic (exact) mass is 200 g/mol. The first-order chi connectivity index (χ1) is 6.51. The second-order valence-electron chi connectivity index (χ2n) is 2.77. The van der Waals surface area contributed by atoms with Gasteiger partial charge in [0, 0.05) is 18.3 Å². The standard InChI is InChI=1S/C9H7F3N2/c10-9(11,12)4-3-8-2-1-7(5-13)6-14-8/h1-2,6H,3-4H2. The van der Waals surface area contributed by atoms with E-state index in [2.05, 4.69) is 4.98 Å². The van der Waals surface area contributed by atoms with Gasteiger partial charge in [-0.15, -0.1) is 0 Å². The maximum atomic E-state index is 11.8. The zero-order chi connectivity index (χ0) is 10.6. The number of halogens is 3. The SMILES string of the molecule is N#Cc1ccc(CCC(F)(F)F)nc1. The van der Waals surface area contributed by atoms with E-state index in [4.69, 9.17) is 5.26 Å². The third-order valence-corrected chi connectivity index (χ3v) is 1.62. The van der Waals surface area contributed by atoms with E-state index in [0.717, 1.165) is 0 Å². The van der Waals surface area contributed by atoms with Gasteiger partial charge >= 0.3 is 6.18 Å². The fourth-order valence-corrected chi connectivity index (χ4v) is 0.908. The third kappa shape index (κ3) is 3.44. The van der Waals surface area contributed by atoms with Crippen LogP contribution in [0.15, 0.2) is 18.3 Å². The third-order valence-electron chi connectivity index (χ3n) is 1.62. The molecule has 0 bridgehead atoms. The van der Waals surface area contributed by atoms with E-state index < -0.39 is 12.6 Å². The van der Waals surface area contributed by atoms with Crippen molar-refractivity contribution >= 4 is 0 Å². The number of nitrogens with zero attached hydrogens (tertiary/aromatic N) is 2. The van der Waals surface area contributed by atoms with E-state index in [1.165, 1.54) is 18.3 Å². The Labute approximate surface area is 79.0 Å². The number of hydrogen-bond acceptors (Lipinski definition) is 2. The van der Waals surface area contributed by atoms with Crippen LogP contribution in [0.2, 0.25) is 0 Å². The van der Waals surface area contributed by atoms with Crippen molar-refractivity contribution in [2.75, 3.05) is 0 Å². The van der Waals surface area contributed by atoms with Gasteiger partial charge in [0.25, 0.3) is 0 Å². The molecule has 0 aromatic carbocycles. The minimum Gasteiger partial charge on any atom is -0.260 e. The second kappa shape index (κ2) is 4.09. The molecule has 0 aliphatic heterocycles. The molecule has 1 heterocycles. The van der Waals surface area contributed by atoms with Gasteiger partial charge in [-0.2, -0.15) is 18.4 Å². The van der Waals surface area contributed by atoms with Crippen LogP contribution >= 0.6 is 0 Å². The molecule has 5 heteroatoms. The summed E-state index contributed by atoms with van der Waals surface area (Å²) >= 11 is 0. The molecule has 1 aromatic heterocycles. The normalized spacial score (nSPS) is 11.0. The number of aromatic nitrogens is 1. The van der Waals surface area contributed by atoms with Crippen molar-refractivity contribution in [3.05, 3.63) is 29.6 Å². The van der Waals surface area contributed by atoms with Crippen LogP contribution in [0.25, 0.3) is 0 Å². The molecule has 1 aromatic rings. The minimum atomic E-state index is -4.16. The summed E-state index contributed by atoms with van der Waals surface area (Å²) in [6.45, 7) is 0. The molecular weight excluding hydrogens is 193 g/mol. The summed E-state index contributed by atoms with van der Waals surface area (Å²) in [5, 5.41) is 8.42. The van der Waals surface area contributed by atoms with E-state index in [1.54, 1.807) is 0 Å². The van der Waals surface area contributed by atoms with Gasteiger partial charge in [-0.05, 0) is 18.6 Å². The minimum absolute atomic E-state index is 0.144. The second-order valence-corrected chi connectivity index (χ2v) is 2.77. The molecule has 0 saturated heterocycles. The van der Waals surface area contributed by atoms with Gasteiger partial charge in [0.05, 0.1) is 5.56 Å². The van der Waals surface area contributed by atoms with Crippen LogP contribution in [0.3, 0.4) is 0 Å². The lowest BCUT2D eigenvalue weighted by molar-refractivity contribution is -0.134. The molecule has 0 unspecified atom stereocenters. The summed E-state index contributed by atoms with van der Waals surface area (Å²) in [6, 6.07) is 4.73. The molecule has 1 rings (SSSR count). The molecule has 0 aliphatic carbocycles. The number of aryl methyl sites for hydroxylation is 1. The maximum absolute atomic E-state index is 11.8. The summed E-state index contributed by atoms with van der Waals surface area (Å²) in [5.41, 5.74) is 0.696. The zero-order valence-electron chi connectivity index (χ0n) is 7.17. The predicted molar refractivity (Wildman–Crippen MR) is 43.3 cm³/mol. The topological polar surface area (TPSA) is 36.7 Å². The average molecular weight is 200 g/mol. The lowest BCUT2D eigenvalue weighted by atomic mass is 10.2. The van der Waals surface area contributed by atoms with Crippen molar-refractivity contribution < 1.29 is 13.2 Å². The molecule has 0 atom stereocenters. The van der Waals surface area contributed by atoms with Gasteiger partial charge in [-0.25, -0.2) is 0 Å². The summed E-state index contributed by atoms with van der Waals surface area (Å²) in [7, 11) is 0. The van der Waals surface area contributed by atoms with Crippen molar-refractivity contribution in [3.8, 4) is 6.07 Å². The lowest BCUT2D eigenvalue weighted by Crippen LogP contribution is -2.09. The average Bonchev–Trinajstić information content (AvgIpc) is 2.14. The molecule has 0 radical (unpaired) electrons. The van der Waals surface area contributed by atoms with Crippen molar-refractivity contribution in [2.45, 2.75) is 19.0 Å². The Morgan fingerprint density at radius 3 is 2.50 bits per heavy atom. The van der Waals surface area contributed by atoms with E-state index >= 15 is 0 Å². The maximum Gasteiger partial charge on any atom is 0.389 e. The molecule has 14 heavy (non-hydrogen) atoms. The van der Waals surface area contributed by atoms with Crippen molar-refractivity contribution in [2.24, 2.45) is 0 Å². The highest BCUT2D eigenvalue weighted by atomic mass is 19.4. The molecule has 0 saturated carbocycles. The fourth-order valence-electron chi connectivity index (χ4n) is 0.908. The lowest BCUT2D eigenvalue weighted by Gasteiger charge is -2.04. The van der Waals surface area contributed by atoms with Crippen molar-refractivity contribution in [1.29, 1.82) is 5.26 Å². The molecule has 0 spiro atoms. The van der Waals surface area contributed by atoms with Gasteiger partial charge < -0.3 is 0 Å². The van der Waals surface area contributed by atoms with Crippen LogP contribution < -0.4 is 0 Å². The van der Waals surface area contributed by atoms with Crippen LogP contribution in [0.5, 0.6) is 0 Å². The Kier molecular flexibility index (Phi) is 3.07. The Balaban J connectivity index is 2.58. The Bertz CT molecular complexity index is 335. The van der Waals surface area contributed by atoms with Crippen LogP contribution in [0, 0.1) is 11.3 Å². The zero-order valence-corrected chi connectivity index (χ0v) is 7.17. The molecule has 0 N–H and O–H groups in total. The first-order valence-corrected chi connectivity index (χ1v) is 3.93. The Morgan fingerprint density at radius 2 is 2.07 bits per heavy atom. The highest BCUT2D eigenvalue weighted by molar-refractivity contribution is 5.26. The summed E-state index contributed by atoms with van der Waals surface area (Å²) < 4.78 is 35.4. The number of alkyl halides is 3. The number of rotatable bonds is 2. The highest BCUT2D eigenvalue weighted by Gasteiger charge is 2.26. The molecule has 0 fully saturated rings. The van der Waals surface area contributed by atoms with E-state index in [0.29, 0.717) is 11.3 Å². The smallest absolute Gasteiger partial charge is 0.260 e. The van der Waals surface area contributed by atoms with Gasteiger partial charge in [0.2, 0.25) is 0 Å². The first kappa shape index (κ1) is 10.5. The van der Waals surface area contributed by atoms with Crippen LogP contribution in [-0.2, 0) is 6.42 Å². The molecular formula is C9H7F3N2. The Morgan fingerprint density at radius 1 is 1.36 bits per heavy atom. The van der Waals surface area contributed by atoms with Gasteiger partial charge in [0.1, 0.15) is 6.07 Å². The first-order valence-electron chi connectivity index (χ1n) is 3.93. The van der Waals surface area contributed by atoms with Gasteiger partial charge in [-0.3, -0.25) is 4.98 Å². The van der Waals surface area contributed by atoms with Gasteiger partial charge in [-0.1, -0.05) is 0 Å². The van der Waals surface area contributed by atoms with E-state index in [1.807, 2.05) is 6.07 Å². The van der Waals surface area contributed by atoms with Crippen molar-refractivity contribution in [1.82, 2.24) is 4.98 Å². The molecule has 0 amide bonds. The summed E-state index contributed by atoms with van der Waals surface area (Å²) in [5.74, 6) is 0. The van der Waals surface area contributed by atoms with Crippen LogP contribution in [0.1, 0.15) is 17.7 Å². The fraction of sp³-hybridized carbons (Fsp3) is 0.333. The summed E-state index contributed by atoms with van der Waals surface area (Å²) in [6.07, 6.45) is -3.91. The Hall–Kier alpha value is -1.57. The number of nitriles is 1. The molecule has 0 aliphatic rings.